The first-order valence-corrected chi connectivity index (χ1v) is 11.5. The minimum atomic E-state index is -0.489. The molecule has 2 atom stereocenters. The lowest BCUT2D eigenvalue weighted by Gasteiger charge is -2.31. The normalized spacial score (nSPS) is 18.6. The van der Waals surface area contributed by atoms with Gasteiger partial charge in [-0.15, -0.1) is 11.3 Å². The molecule has 1 aromatic carbocycles. The topological polar surface area (TPSA) is 95.5 Å². The van der Waals surface area contributed by atoms with Gasteiger partial charge in [0.15, 0.2) is 0 Å². The number of nitrogens with one attached hydrogen (secondary N) is 1. The Bertz CT molecular complexity index is 1100. The van der Waals surface area contributed by atoms with Gasteiger partial charge in [0.1, 0.15) is 5.82 Å². The van der Waals surface area contributed by atoms with Gasteiger partial charge in [0, 0.05) is 10.9 Å². The molecule has 0 bridgehead atoms. The van der Waals surface area contributed by atoms with Crippen molar-refractivity contribution >= 4 is 28.2 Å². The van der Waals surface area contributed by atoms with Crippen LogP contribution in [0.15, 0.2) is 40.5 Å². The Morgan fingerprint density at radius 3 is 3.00 bits per heavy atom. The number of ether oxygens (including phenoxy) is 1. The molecule has 3 heterocycles. The number of H-pyrrole nitrogens is 1. The zero-order valence-electron chi connectivity index (χ0n) is 17.5. The van der Waals surface area contributed by atoms with Crippen molar-refractivity contribution in [2.24, 2.45) is 0 Å². The number of aliphatic hydroxyl groups excluding tert-OH is 1. The van der Waals surface area contributed by atoms with Crippen LogP contribution in [0, 0.1) is 0 Å². The van der Waals surface area contributed by atoms with Gasteiger partial charge >= 0.3 is 5.97 Å². The van der Waals surface area contributed by atoms with Crippen molar-refractivity contribution in [1.29, 1.82) is 0 Å². The first-order chi connectivity index (χ1) is 15.0. The Morgan fingerprint density at radius 2 is 2.23 bits per heavy atom. The summed E-state index contributed by atoms with van der Waals surface area (Å²) < 4.78 is 4.78. The van der Waals surface area contributed by atoms with E-state index in [0.717, 1.165) is 37.1 Å². The number of aromatic amines is 1. The first kappa shape index (κ1) is 21.7. The molecule has 3 aromatic rings. The Labute approximate surface area is 184 Å². The van der Waals surface area contributed by atoms with Crippen LogP contribution in [0.4, 0.5) is 0 Å². The van der Waals surface area contributed by atoms with Crippen LogP contribution < -0.4 is 5.56 Å². The van der Waals surface area contributed by atoms with Gasteiger partial charge in [-0.2, -0.15) is 0 Å². The van der Waals surface area contributed by atoms with Crippen LogP contribution in [-0.4, -0.2) is 45.6 Å². The number of esters is 1. The lowest BCUT2D eigenvalue weighted by Crippen LogP contribution is -2.36. The maximum Gasteiger partial charge on any atom is 0.337 e. The molecular weight excluding hydrogens is 414 g/mol. The fourth-order valence-corrected chi connectivity index (χ4v) is 4.99. The van der Waals surface area contributed by atoms with Crippen LogP contribution in [0.25, 0.3) is 10.9 Å². The number of carbonyl (C=O) groups is 1. The third-order valence-corrected chi connectivity index (χ3v) is 6.87. The smallest absolute Gasteiger partial charge is 0.337 e. The van der Waals surface area contributed by atoms with Crippen molar-refractivity contribution in [3.8, 4) is 0 Å². The van der Waals surface area contributed by atoms with Crippen molar-refractivity contribution in [2.45, 2.75) is 50.8 Å². The molecule has 31 heavy (non-hydrogen) atoms. The van der Waals surface area contributed by atoms with Crippen LogP contribution in [0.2, 0.25) is 0 Å². The van der Waals surface area contributed by atoms with E-state index in [1.807, 2.05) is 17.5 Å². The van der Waals surface area contributed by atoms with Gasteiger partial charge in [0.05, 0.1) is 36.2 Å². The molecule has 0 amide bonds. The molecule has 7 nitrogen and oxygen atoms in total. The Balaban J connectivity index is 1.58. The number of carbonyl (C=O) groups excluding carboxylic acids is 1. The zero-order chi connectivity index (χ0) is 21.8. The number of aliphatic hydroxyl groups is 1. The molecule has 0 aliphatic carbocycles. The predicted octanol–water partition coefficient (Wildman–Crippen LogP) is 3.64. The maximum atomic E-state index is 12.6. The fraction of sp³-hybridized carbons (Fsp3) is 0.435. The number of likely N-dealkylation sites (tertiary alicyclic amines) is 1. The Morgan fingerprint density at radius 1 is 1.35 bits per heavy atom. The van der Waals surface area contributed by atoms with Crippen LogP contribution >= 0.6 is 11.3 Å². The number of methoxy groups -OCH3 is 1. The van der Waals surface area contributed by atoms with Gasteiger partial charge in [0.2, 0.25) is 0 Å². The van der Waals surface area contributed by atoms with E-state index in [9.17, 15) is 14.7 Å². The van der Waals surface area contributed by atoms with Crippen LogP contribution in [0.5, 0.6) is 0 Å². The average molecular weight is 442 g/mol. The molecule has 1 aliphatic rings. The van der Waals surface area contributed by atoms with E-state index in [1.165, 1.54) is 7.11 Å². The highest BCUT2D eigenvalue weighted by atomic mass is 32.1. The molecule has 4 rings (SSSR count). The molecule has 1 fully saturated rings. The molecule has 2 aromatic heterocycles. The number of aromatic nitrogens is 2. The van der Waals surface area contributed by atoms with Crippen molar-refractivity contribution < 1.29 is 14.6 Å². The third-order valence-electron chi connectivity index (χ3n) is 5.90. The molecule has 0 saturated carbocycles. The second-order valence-corrected chi connectivity index (χ2v) is 8.96. The van der Waals surface area contributed by atoms with Crippen molar-refractivity contribution in [1.82, 2.24) is 14.9 Å². The summed E-state index contributed by atoms with van der Waals surface area (Å²) in [6.07, 6.45) is 4.54. The molecular formula is C23H27N3O4S. The Kier molecular flexibility index (Phi) is 6.80. The molecule has 8 heteroatoms. The fourth-order valence-electron chi connectivity index (χ4n) is 4.27. The average Bonchev–Trinajstić information content (AvgIpc) is 3.23. The van der Waals surface area contributed by atoms with Crippen LogP contribution in [0.1, 0.15) is 59.3 Å². The highest BCUT2D eigenvalue weighted by Crippen LogP contribution is 2.29. The van der Waals surface area contributed by atoms with E-state index in [-0.39, 0.29) is 11.6 Å². The molecule has 164 valence electrons. The SMILES string of the molecule is COC(=O)c1ccc2c(=O)[nH]c(CN3CCCCC[C@H]3C[C@@H](O)c3cccs3)nc2c1. The van der Waals surface area contributed by atoms with Gasteiger partial charge in [0.25, 0.3) is 5.56 Å². The molecule has 2 N–H and O–H groups in total. The zero-order valence-corrected chi connectivity index (χ0v) is 18.4. The monoisotopic (exact) mass is 441 g/mol. The van der Waals surface area contributed by atoms with E-state index in [4.69, 9.17) is 4.74 Å². The number of thiophene rings is 1. The second-order valence-electron chi connectivity index (χ2n) is 7.98. The number of nitrogens with zero attached hydrogens (tertiary/aromatic N) is 2. The van der Waals surface area contributed by atoms with E-state index >= 15 is 0 Å². The summed E-state index contributed by atoms with van der Waals surface area (Å²) in [5, 5.41) is 13.1. The van der Waals surface area contributed by atoms with E-state index < -0.39 is 12.1 Å². The largest absolute Gasteiger partial charge is 0.465 e. The number of hydrogen-bond donors (Lipinski definition) is 2. The van der Waals surface area contributed by atoms with E-state index in [2.05, 4.69) is 14.9 Å². The van der Waals surface area contributed by atoms with Gasteiger partial charge in [-0.3, -0.25) is 9.69 Å². The quantitative estimate of drug-likeness (QED) is 0.567. The summed E-state index contributed by atoms with van der Waals surface area (Å²) in [6, 6.07) is 8.91. The summed E-state index contributed by atoms with van der Waals surface area (Å²) >= 11 is 1.57. The molecule has 1 aliphatic heterocycles. The van der Waals surface area contributed by atoms with E-state index in [1.54, 1.807) is 29.5 Å². The summed E-state index contributed by atoms with van der Waals surface area (Å²) in [5.74, 6) is 0.109. The van der Waals surface area contributed by atoms with Gasteiger partial charge < -0.3 is 14.8 Å². The van der Waals surface area contributed by atoms with Crippen molar-refractivity contribution in [3.05, 3.63) is 62.3 Å². The lowest BCUT2D eigenvalue weighted by atomic mass is 10.0. The number of fused-ring (bicyclic) bond motifs is 1. The number of hydrogen-bond acceptors (Lipinski definition) is 7. The number of benzene rings is 1. The summed E-state index contributed by atoms with van der Waals surface area (Å²) in [5.41, 5.74) is 0.624. The van der Waals surface area contributed by atoms with Gasteiger partial charge in [-0.05, 0) is 55.5 Å². The van der Waals surface area contributed by atoms with Crippen molar-refractivity contribution in [2.75, 3.05) is 13.7 Å². The first-order valence-electron chi connectivity index (χ1n) is 10.6. The van der Waals surface area contributed by atoms with Gasteiger partial charge in [-0.1, -0.05) is 18.9 Å². The predicted molar refractivity (Wildman–Crippen MR) is 120 cm³/mol. The summed E-state index contributed by atoms with van der Waals surface area (Å²) in [7, 11) is 1.33. The maximum absolute atomic E-state index is 12.6. The van der Waals surface area contributed by atoms with Crippen molar-refractivity contribution in [3.63, 3.8) is 0 Å². The van der Waals surface area contributed by atoms with Crippen LogP contribution in [-0.2, 0) is 11.3 Å². The minimum Gasteiger partial charge on any atom is -0.465 e. The molecule has 0 radical (unpaired) electrons. The van der Waals surface area contributed by atoms with E-state index in [0.29, 0.717) is 35.3 Å². The third kappa shape index (κ3) is 5.03. The molecule has 0 unspecified atom stereocenters. The highest BCUT2D eigenvalue weighted by Gasteiger charge is 2.25. The number of rotatable bonds is 6. The summed E-state index contributed by atoms with van der Waals surface area (Å²) in [6.45, 7) is 1.39. The minimum absolute atomic E-state index is 0.210. The second kappa shape index (κ2) is 9.72. The lowest BCUT2D eigenvalue weighted by molar-refractivity contribution is 0.0601. The van der Waals surface area contributed by atoms with Crippen LogP contribution in [0.3, 0.4) is 0 Å². The summed E-state index contributed by atoms with van der Waals surface area (Å²) in [4.78, 5) is 35.3. The Hall–Kier alpha value is -2.55. The molecule has 0 spiro atoms. The van der Waals surface area contributed by atoms with Gasteiger partial charge in [-0.25, -0.2) is 9.78 Å². The highest BCUT2D eigenvalue weighted by molar-refractivity contribution is 7.10. The standard InChI is InChI=1S/C23H27N3O4S/c1-30-23(29)15-8-9-17-18(12-15)24-21(25-22(17)28)14-26-10-4-2-3-6-16(26)13-19(27)20-7-5-11-31-20/h5,7-9,11-12,16,19,27H,2-4,6,10,13-14H2,1H3,(H,24,25,28)/t16-,19+/m0/s1. The molecule has 1 saturated heterocycles.